The van der Waals surface area contributed by atoms with Crippen LogP contribution in [0.25, 0.3) is 94.1 Å². The molecule has 2 aliphatic rings. The largest absolute Gasteiger partial charge is 0.313 e. The van der Waals surface area contributed by atoms with Gasteiger partial charge in [-0.1, -0.05) is 141 Å². The van der Waals surface area contributed by atoms with E-state index in [2.05, 4.69) is 158 Å². The number of rotatable bonds is 6. The Bertz CT molecular complexity index is 3310. The highest BCUT2D eigenvalue weighted by molar-refractivity contribution is 7.21. The Morgan fingerprint density at radius 2 is 1.10 bits per heavy atom. The molecule has 0 bridgehead atoms. The molecule has 3 heterocycles. The van der Waals surface area contributed by atoms with E-state index in [4.69, 9.17) is 19.9 Å². The van der Waals surface area contributed by atoms with Crippen molar-refractivity contribution >= 4 is 44.1 Å². The maximum atomic E-state index is 5.13. The van der Waals surface area contributed by atoms with E-state index in [1.165, 1.54) is 65.9 Å². The summed E-state index contributed by atoms with van der Waals surface area (Å²) in [5, 5.41) is 2.29. The lowest BCUT2D eigenvalue weighted by atomic mass is 9.81. The van der Waals surface area contributed by atoms with Gasteiger partial charge in [-0.05, 0) is 100 Å². The van der Waals surface area contributed by atoms with Crippen LogP contribution in [0.4, 0.5) is 0 Å². The van der Waals surface area contributed by atoms with Crippen molar-refractivity contribution in [3.8, 4) is 61.3 Å². The molecule has 12 rings (SSSR count). The molecule has 0 N–H and O–H groups in total. The van der Waals surface area contributed by atoms with Gasteiger partial charge in [0.2, 0.25) is 0 Å². The van der Waals surface area contributed by atoms with Gasteiger partial charge in [-0.3, -0.25) is 0 Å². The lowest BCUT2D eigenvalue weighted by molar-refractivity contribution is 0.661. The monoisotopic (exact) mass is 801 g/mol. The zero-order valence-corrected chi connectivity index (χ0v) is 34.6. The summed E-state index contributed by atoms with van der Waals surface area (Å²) in [6.07, 6.45) is 4.02. The second kappa shape index (κ2) is 13.9. The summed E-state index contributed by atoms with van der Waals surface area (Å²) in [6, 6.07) is 60.5. The van der Waals surface area contributed by atoms with Gasteiger partial charge in [0.15, 0.2) is 17.5 Å². The highest BCUT2D eigenvalue weighted by atomic mass is 32.1. The average Bonchev–Trinajstić information content (AvgIpc) is 3.96. The van der Waals surface area contributed by atoms with Crippen LogP contribution in [0.15, 0.2) is 170 Å². The van der Waals surface area contributed by atoms with E-state index < -0.39 is 0 Å². The fourth-order valence-corrected chi connectivity index (χ4v) is 10.5. The van der Waals surface area contributed by atoms with Crippen LogP contribution in [0, 0.1) is 0 Å². The summed E-state index contributed by atoms with van der Waals surface area (Å²) in [6.45, 7) is 4.73. The quantitative estimate of drug-likeness (QED) is 0.168. The second-order valence-electron chi connectivity index (χ2n) is 16.6. The zero-order chi connectivity index (χ0) is 40.7. The van der Waals surface area contributed by atoms with Gasteiger partial charge in [0.25, 0.3) is 0 Å². The minimum Gasteiger partial charge on any atom is -0.313 e. The smallest absolute Gasteiger partial charge is 0.164 e. The normalized spacial score (nSPS) is 13.8. The molecular weight excluding hydrogens is 763 g/mol. The van der Waals surface area contributed by atoms with Crippen molar-refractivity contribution in [3.05, 3.63) is 198 Å². The molecule has 0 spiro atoms. The van der Waals surface area contributed by atoms with Crippen LogP contribution in [-0.2, 0) is 11.8 Å². The van der Waals surface area contributed by atoms with Crippen molar-refractivity contribution in [1.29, 1.82) is 0 Å². The third-order valence-corrected chi connectivity index (χ3v) is 13.7. The van der Waals surface area contributed by atoms with Crippen molar-refractivity contribution in [1.82, 2.24) is 24.5 Å². The number of benzene rings is 7. The van der Waals surface area contributed by atoms with Gasteiger partial charge in [0.1, 0.15) is 5.01 Å². The molecule has 10 aromatic rings. The number of aromatic nitrogens is 5. The first-order valence-electron chi connectivity index (χ1n) is 20.9. The Morgan fingerprint density at radius 3 is 1.79 bits per heavy atom. The van der Waals surface area contributed by atoms with E-state index in [9.17, 15) is 0 Å². The standard InChI is InChI=1S/C55H39N5S/c1-55(2)45-31-38(23-26-41(45)42-32-47-50(33-46(42)55)61-54(56-47)36-19-11-5-12-20-36)37-24-27-48-43(29-37)44-30-39(25-28-49(44)60(48)40-21-13-6-14-22-40)53-58-51(34-15-7-3-8-16-34)57-52(59-53)35-17-9-4-10-18-35/h3-24,26-27,29-33H,25,28H2,1-2H3. The molecule has 3 aromatic heterocycles. The van der Waals surface area contributed by atoms with Crippen molar-refractivity contribution < 1.29 is 0 Å². The zero-order valence-electron chi connectivity index (χ0n) is 33.8. The van der Waals surface area contributed by atoms with Gasteiger partial charge in [0.05, 0.1) is 15.7 Å². The fraction of sp³-hybridized carbons (Fsp3) is 0.0909. The number of fused-ring (bicyclic) bond motifs is 7. The van der Waals surface area contributed by atoms with Crippen molar-refractivity contribution in [3.63, 3.8) is 0 Å². The summed E-state index contributed by atoms with van der Waals surface area (Å²) in [7, 11) is 0. The Labute approximate surface area is 358 Å². The molecule has 0 saturated carbocycles. The molecular formula is C55H39N5S. The summed E-state index contributed by atoms with van der Waals surface area (Å²) in [4.78, 5) is 20.3. The number of nitrogens with zero attached hydrogens (tertiary/aromatic N) is 5. The highest BCUT2D eigenvalue weighted by Crippen LogP contribution is 2.52. The topological polar surface area (TPSA) is 56.5 Å². The number of para-hydroxylation sites is 1. The van der Waals surface area contributed by atoms with E-state index >= 15 is 0 Å². The lowest BCUT2D eigenvalue weighted by Crippen LogP contribution is -2.14. The summed E-state index contributed by atoms with van der Waals surface area (Å²) in [5.74, 6) is 2.08. The van der Waals surface area contributed by atoms with Gasteiger partial charge >= 0.3 is 0 Å². The number of hydrogen-bond donors (Lipinski definition) is 0. The molecule has 0 atom stereocenters. The van der Waals surface area contributed by atoms with Crippen molar-refractivity contribution in [2.24, 2.45) is 0 Å². The van der Waals surface area contributed by atoms with Crippen LogP contribution in [-0.4, -0.2) is 24.5 Å². The van der Waals surface area contributed by atoms with E-state index in [1.807, 2.05) is 36.4 Å². The van der Waals surface area contributed by atoms with Crippen LogP contribution in [0.1, 0.15) is 48.5 Å². The molecule has 0 radical (unpaired) electrons. The Hall–Kier alpha value is -7.28. The molecule has 0 fully saturated rings. The second-order valence-corrected chi connectivity index (χ2v) is 17.6. The molecule has 61 heavy (non-hydrogen) atoms. The highest BCUT2D eigenvalue weighted by Gasteiger charge is 2.36. The first-order chi connectivity index (χ1) is 30.0. The number of allylic oxidation sites excluding steroid dienone is 1. The van der Waals surface area contributed by atoms with E-state index in [0.717, 1.165) is 51.5 Å². The van der Waals surface area contributed by atoms with Crippen LogP contribution >= 0.6 is 11.3 Å². The summed E-state index contributed by atoms with van der Waals surface area (Å²) in [5.41, 5.74) is 17.7. The first-order valence-corrected chi connectivity index (χ1v) is 21.7. The van der Waals surface area contributed by atoms with Gasteiger partial charge in [-0.2, -0.15) is 0 Å². The third-order valence-electron chi connectivity index (χ3n) is 12.6. The summed E-state index contributed by atoms with van der Waals surface area (Å²) >= 11 is 1.78. The molecule has 7 aromatic carbocycles. The molecule has 5 nitrogen and oxygen atoms in total. The molecule has 0 amide bonds. The number of hydrogen-bond acceptors (Lipinski definition) is 5. The molecule has 0 aliphatic heterocycles. The van der Waals surface area contributed by atoms with Crippen LogP contribution < -0.4 is 0 Å². The van der Waals surface area contributed by atoms with Crippen molar-refractivity contribution in [2.75, 3.05) is 0 Å². The maximum absolute atomic E-state index is 5.13. The number of thiazole rings is 1. The van der Waals surface area contributed by atoms with Gasteiger partial charge < -0.3 is 4.57 Å². The van der Waals surface area contributed by atoms with E-state index in [0.29, 0.717) is 11.6 Å². The molecule has 2 aliphatic carbocycles. The first kappa shape index (κ1) is 35.6. The van der Waals surface area contributed by atoms with E-state index in [1.54, 1.807) is 11.3 Å². The third kappa shape index (κ3) is 5.89. The van der Waals surface area contributed by atoms with Crippen LogP contribution in [0.2, 0.25) is 0 Å². The molecule has 0 unspecified atom stereocenters. The molecule has 290 valence electrons. The van der Waals surface area contributed by atoms with E-state index in [-0.39, 0.29) is 5.41 Å². The van der Waals surface area contributed by atoms with Crippen LogP contribution in [0.5, 0.6) is 0 Å². The van der Waals surface area contributed by atoms with Gasteiger partial charge in [-0.25, -0.2) is 19.9 Å². The molecule has 6 heteroatoms. The Kier molecular flexibility index (Phi) is 8.12. The lowest BCUT2D eigenvalue weighted by Gasteiger charge is -2.22. The Balaban J connectivity index is 0.984. The predicted molar refractivity (Wildman–Crippen MR) is 252 cm³/mol. The predicted octanol–water partition coefficient (Wildman–Crippen LogP) is 13.9. The fourth-order valence-electron chi connectivity index (χ4n) is 9.49. The minimum absolute atomic E-state index is 0.162. The molecule has 0 saturated heterocycles. The summed E-state index contributed by atoms with van der Waals surface area (Å²) < 4.78 is 3.68. The maximum Gasteiger partial charge on any atom is 0.164 e. The van der Waals surface area contributed by atoms with Gasteiger partial charge in [0, 0.05) is 44.4 Å². The SMILES string of the molecule is CC1(C)c2cc(-c3ccc4c(c3)c3c(n4-c4ccccc4)CCC(c4nc(-c5ccccc5)nc(-c5ccccc5)n4)=C3)ccc2-c2cc3nc(-c4ccccc4)sc3cc21. The Morgan fingerprint density at radius 1 is 0.508 bits per heavy atom. The average molecular weight is 802 g/mol. The van der Waals surface area contributed by atoms with Gasteiger partial charge in [-0.15, -0.1) is 11.3 Å². The van der Waals surface area contributed by atoms with Crippen LogP contribution in [0.3, 0.4) is 0 Å². The minimum atomic E-state index is -0.162. The van der Waals surface area contributed by atoms with Crippen molar-refractivity contribution in [2.45, 2.75) is 32.1 Å².